The summed E-state index contributed by atoms with van der Waals surface area (Å²) in [5, 5.41) is 2.46. The molecule has 1 saturated carbocycles. The number of hydrogen-bond acceptors (Lipinski definition) is 2. The highest BCUT2D eigenvalue weighted by Crippen LogP contribution is 2.37. The molecular weight excluding hydrogens is 282 g/mol. The molecule has 0 atom stereocenters. The van der Waals surface area contributed by atoms with Crippen LogP contribution in [0.2, 0.25) is 5.02 Å². The third-order valence-electron chi connectivity index (χ3n) is 2.35. The molecule has 0 saturated heterocycles. The summed E-state index contributed by atoms with van der Waals surface area (Å²) >= 11 is 11.3. The van der Waals surface area contributed by atoms with Crippen molar-refractivity contribution in [3.8, 4) is 0 Å². The Bertz CT molecular complexity index is 326. The van der Waals surface area contributed by atoms with Crippen LogP contribution in [-0.2, 0) is 0 Å². The summed E-state index contributed by atoms with van der Waals surface area (Å²) in [6.07, 6.45) is 7.12. The van der Waals surface area contributed by atoms with E-state index in [4.69, 9.17) is 11.6 Å². The van der Waals surface area contributed by atoms with Crippen LogP contribution in [0.5, 0.6) is 0 Å². The molecule has 2 rings (SSSR count). The molecule has 0 spiro atoms. The number of aromatic nitrogens is 1. The second-order valence-corrected chi connectivity index (χ2v) is 6.08. The van der Waals surface area contributed by atoms with Crippen molar-refractivity contribution < 1.29 is 0 Å². The number of nitrogens with zero attached hydrogens (tertiary/aromatic N) is 1. The summed E-state index contributed by atoms with van der Waals surface area (Å²) in [6.45, 7) is 0. The summed E-state index contributed by atoms with van der Waals surface area (Å²) in [4.78, 5) is 4.33. The van der Waals surface area contributed by atoms with E-state index in [1.807, 2.05) is 24.0 Å². The third-order valence-corrected chi connectivity index (χ3v) is 4.54. The van der Waals surface area contributed by atoms with Crippen LogP contribution < -0.4 is 0 Å². The summed E-state index contributed by atoms with van der Waals surface area (Å²) in [5.41, 5.74) is 0. The molecule has 0 amide bonds. The van der Waals surface area contributed by atoms with E-state index in [2.05, 4.69) is 20.9 Å². The molecule has 1 aliphatic rings. The van der Waals surface area contributed by atoms with E-state index in [0.717, 1.165) is 19.8 Å². The van der Waals surface area contributed by atoms with Gasteiger partial charge in [-0.25, -0.2) is 4.98 Å². The van der Waals surface area contributed by atoms with Gasteiger partial charge in [0.1, 0.15) is 5.03 Å². The monoisotopic (exact) mass is 291 g/mol. The minimum absolute atomic E-state index is 0.723. The van der Waals surface area contributed by atoms with Gasteiger partial charge in [-0.15, -0.1) is 11.8 Å². The molecular formula is C10H11BrClNS. The standard InChI is InChI=1S/C10H11BrClNS/c11-7-5-9(12)10(13-6-7)14-8-3-1-2-4-8/h5-6,8H,1-4H2. The normalized spacial score (nSPS) is 17.6. The summed E-state index contributed by atoms with van der Waals surface area (Å²) < 4.78 is 0.943. The average Bonchev–Trinajstić information content (AvgIpc) is 2.62. The van der Waals surface area contributed by atoms with Crippen LogP contribution in [0.3, 0.4) is 0 Å². The Hall–Kier alpha value is 0.270. The molecule has 1 aromatic rings. The number of halogens is 2. The van der Waals surface area contributed by atoms with Gasteiger partial charge in [0, 0.05) is 15.9 Å². The van der Waals surface area contributed by atoms with Crippen molar-refractivity contribution in [2.75, 3.05) is 0 Å². The van der Waals surface area contributed by atoms with Gasteiger partial charge in [-0.1, -0.05) is 24.4 Å². The highest BCUT2D eigenvalue weighted by molar-refractivity contribution is 9.10. The molecule has 14 heavy (non-hydrogen) atoms. The molecule has 1 aromatic heterocycles. The first kappa shape index (κ1) is 10.8. The van der Waals surface area contributed by atoms with Crippen LogP contribution in [0.1, 0.15) is 25.7 Å². The molecule has 76 valence electrons. The van der Waals surface area contributed by atoms with Crippen LogP contribution in [0.25, 0.3) is 0 Å². The van der Waals surface area contributed by atoms with Gasteiger partial charge in [0.05, 0.1) is 5.02 Å². The molecule has 0 N–H and O–H groups in total. The van der Waals surface area contributed by atoms with E-state index in [1.165, 1.54) is 25.7 Å². The van der Waals surface area contributed by atoms with Crippen LogP contribution in [0.4, 0.5) is 0 Å². The fourth-order valence-electron chi connectivity index (χ4n) is 1.65. The molecule has 1 fully saturated rings. The maximum absolute atomic E-state index is 6.09. The lowest BCUT2D eigenvalue weighted by atomic mass is 10.4. The minimum Gasteiger partial charge on any atom is -0.247 e. The van der Waals surface area contributed by atoms with Gasteiger partial charge in [0.2, 0.25) is 0 Å². The average molecular weight is 293 g/mol. The van der Waals surface area contributed by atoms with Crippen molar-refractivity contribution in [2.24, 2.45) is 0 Å². The van der Waals surface area contributed by atoms with Gasteiger partial charge in [-0.3, -0.25) is 0 Å². The number of thioether (sulfide) groups is 1. The van der Waals surface area contributed by atoms with Gasteiger partial charge in [0.25, 0.3) is 0 Å². The maximum atomic E-state index is 6.09. The van der Waals surface area contributed by atoms with Gasteiger partial charge in [-0.2, -0.15) is 0 Å². The molecule has 0 aliphatic heterocycles. The minimum atomic E-state index is 0.723. The Morgan fingerprint density at radius 3 is 2.79 bits per heavy atom. The van der Waals surface area contributed by atoms with Gasteiger partial charge in [-0.05, 0) is 34.8 Å². The lowest BCUT2D eigenvalue weighted by molar-refractivity contribution is 0.886. The zero-order valence-electron chi connectivity index (χ0n) is 7.67. The first-order valence-corrected chi connectivity index (χ1v) is 6.78. The highest BCUT2D eigenvalue weighted by Gasteiger charge is 2.18. The second kappa shape index (κ2) is 4.86. The SMILES string of the molecule is Clc1cc(Br)cnc1SC1CCCC1. The topological polar surface area (TPSA) is 12.9 Å². The van der Waals surface area contributed by atoms with Crippen molar-refractivity contribution in [1.29, 1.82) is 0 Å². The van der Waals surface area contributed by atoms with Crippen molar-refractivity contribution in [3.05, 3.63) is 21.8 Å². The van der Waals surface area contributed by atoms with Crippen LogP contribution in [-0.4, -0.2) is 10.2 Å². The van der Waals surface area contributed by atoms with E-state index in [9.17, 15) is 0 Å². The van der Waals surface area contributed by atoms with E-state index >= 15 is 0 Å². The van der Waals surface area contributed by atoms with Crippen molar-refractivity contribution in [1.82, 2.24) is 4.98 Å². The first-order valence-electron chi connectivity index (χ1n) is 4.73. The van der Waals surface area contributed by atoms with Gasteiger partial charge < -0.3 is 0 Å². The molecule has 1 aliphatic carbocycles. The lowest BCUT2D eigenvalue weighted by Gasteiger charge is -2.08. The van der Waals surface area contributed by atoms with E-state index in [1.54, 1.807) is 0 Å². The largest absolute Gasteiger partial charge is 0.247 e. The molecule has 4 heteroatoms. The van der Waals surface area contributed by atoms with Gasteiger partial charge >= 0.3 is 0 Å². The fraction of sp³-hybridized carbons (Fsp3) is 0.500. The number of rotatable bonds is 2. The first-order chi connectivity index (χ1) is 6.75. The van der Waals surface area contributed by atoms with Crippen LogP contribution in [0, 0.1) is 0 Å². The predicted molar refractivity (Wildman–Crippen MR) is 65.1 cm³/mol. The Kier molecular flexibility index (Phi) is 3.74. The highest BCUT2D eigenvalue weighted by atomic mass is 79.9. The number of hydrogen-bond donors (Lipinski definition) is 0. The van der Waals surface area contributed by atoms with E-state index in [-0.39, 0.29) is 0 Å². The molecule has 0 unspecified atom stereocenters. The smallest absolute Gasteiger partial charge is 0.115 e. The predicted octanol–water partition coefficient (Wildman–Crippen LogP) is 4.53. The van der Waals surface area contributed by atoms with Crippen molar-refractivity contribution >= 4 is 39.3 Å². The molecule has 0 aromatic carbocycles. The molecule has 1 heterocycles. The van der Waals surface area contributed by atoms with E-state index in [0.29, 0.717) is 0 Å². The summed E-state index contributed by atoms with van der Waals surface area (Å²) in [7, 11) is 0. The Morgan fingerprint density at radius 1 is 1.43 bits per heavy atom. The zero-order chi connectivity index (χ0) is 9.97. The van der Waals surface area contributed by atoms with Crippen molar-refractivity contribution in [2.45, 2.75) is 36.0 Å². The number of pyridine rings is 1. The third kappa shape index (κ3) is 2.65. The maximum Gasteiger partial charge on any atom is 0.115 e. The summed E-state index contributed by atoms with van der Waals surface area (Å²) in [5.74, 6) is 0. The zero-order valence-corrected chi connectivity index (χ0v) is 10.8. The molecule has 1 nitrogen and oxygen atoms in total. The van der Waals surface area contributed by atoms with E-state index < -0.39 is 0 Å². The Labute approximate surface area is 102 Å². The fourth-order valence-corrected chi connectivity index (χ4v) is 3.59. The molecule has 0 bridgehead atoms. The Balaban J connectivity index is 2.08. The van der Waals surface area contributed by atoms with Crippen molar-refractivity contribution in [3.63, 3.8) is 0 Å². The van der Waals surface area contributed by atoms with Crippen LogP contribution >= 0.6 is 39.3 Å². The quantitative estimate of drug-likeness (QED) is 0.794. The Morgan fingerprint density at radius 2 is 2.14 bits per heavy atom. The lowest BCUT2D eigenvalue weighted by Crippen LogP contribution is -1.95. The molecule has 0 radical (unpaired) electrons. The second-order valence-electron chi connectivity index (χ2n) is 3.46. The van der Waals surface area contributed by atoms with Crippen LogP contribution in [0.15, 0.2) is 21.8 Å². The summed E-state index contributed by atoms with van der Waals surface area (Å²) in [6, 6.07) is 1.91. The van der Waals surface area contributed by atoms with Gasteiger partial charge in [0.15, 0.2) is 0 Å².